The standard InChI is InChI=1S/C13H10N2O/c1-15-12(14)9-6-2-4-8-5-3-7-10(11(8)9)13(15)16/h2-7,14H,1H3. The predicted molar refractivity (Wildman–Crippen MR) is 62.9 cm³/mol. The van der Waals surface area contributed by atoms with Crippen LogP contribution >= 0.6 is 0 Å². The van der Waals surface area contributed by atoms with Gasteiger partial charge in [-0.2, -0.15) is 0 Å². The molecule has 1 N–H and O–H groups in total. The maximum Gasteiger partial charge on any atom is 0.259 e. The van der Waals surface area contributed by atoms with Crippen LogP contribution in [0, 0.1) is 5.41 Å². The average Bonchev–Trinajstić information content (AvgIpc) is 2.33. The molecule has 1 aliphatic rings. The van der Waals surface area contributed by atoms with E-state index >= 15 is 0 Å². The molecule has 0 aliphatic carbocycles. The topological polar surface area (TPSA) is 44.2 Å². The Balaban J connectivity index is 2.52. The highest BCUT2D eigenvalue weighted by Gasteiger charge is 2.26. The van der Waals surface area contributed by atoms with Gasteiger partial charge in [0.15, 0.2) is 0 Å². The van der Waals surface area contributed by atoms with Crippen LogP contribution in [0.2, 0.25) is 0 Å². The molecule has 0 spiro atoms. The summed E-state index contributed by atoms with van der Waals surface area (Å²) in [5.41, 5.74) is 1.52. The van der Waals surface area contributed by atoms with Gasteiger partial charge in [0.1, 0.15) is 5.84 Å². The van der Waals surface area contributed by atoms with Gasteiger partial charge in [-0.05, 0) is 11.5 Å². The smallest absolute Gasteiger partial charge is 0.259 e. The SMILES string of the molecule is CN1C(=N)c2cccc3cccc(c23)C1=O. The second kappa shape index (κ2) is 2.92. The number of rotatable bonds is 0. The Morgan fingerprint density at radius 1 is 1.06 bits per heavy atom. The van der Waals surface area contributed by atoms with Crippen LogP contribution in [0.25, 0.3) is 10.8 Å². The minimum atomic E-state index is -0.102. The van der Waals surface area contributed by atoms with Crippen LogP contribution in [0.4, 0.5) is 0 Å². The Morgan fingerprint density at radius 2 is 1.69 bits per heavy atom. The van der Waals surface area contributed by atoms with Crippen molar-refractivity contribution in [3.8, 4) is 0 Å². The molecule has 0 radical (unpaired) electrons. The average molecular weight is 210 g/mol. The Hall–Kier alpha value is -2.16. The van der Waals surface area contributed by atoms with Crippen LogP contribution in [-0.4, -0.2) is 23.7 Å². The molecular formula is C13H10N2O. The summed E-state index contributed by atoms with van der Waals surface area (Å²) < 4.78 is 0. The third-order valence-corrected chi connectivity index (χ3v) is 3.03. The normalized spacial score (nSPS) is 14.7. The van der Waals surface area contributed by atoms with Crippen molar-refractivity contribution in [1.82, 2.24) is 4.90 Å². The predicted octanol–water partition coefficient (Wildman–Crippen LogP) is 2.25. The van der Waals surface area contributed by atoms with Crippen molar-refractivity contribution in [2.24, 2.45) is 0 Å². The summed E-state index contributed by atoms with van der Waals surface area (Å²) in [6.45, 7) is 0. The monoisotopic (exact) mass is 210 g/mol. The van der Waals surface area contributed by atoms with Crippen LogP contribution in [0.1, 0.15) is 15.9 Å². The maximum atomic E-state index is 12.0. The van der Waals surface area contributed by atoms with Gasteiger partial charge in [0.2, 0.25) is 0 Å². The van der Waals surface area contributed by atoms with Crippen LogP contribution in [0.3, 0.4) is 0 Å². The lowest BCUT2D eigenvalue weighted by Gasteiger charge is -2.25. The van der Waals surface area contributed by atoms with Gasteiger partial charge in [0.05, 0.1) is 0 Å². The number of hydrogen-bond acceptors (Lipinski definition) is 2. The van der Waals surface area contributed by atoms with E-state index in [0.717, 1.165) is 16.3 Å². The summed E-state index contributed by atoms with van der Waals surface area (Å²) in [6, 6.07) is 11.4. The first kappa shape index (κ1) is 9.09. The highest BCUT2D eigenvalue weighted by Crippen LogP contribution is 2.28. The molecule has 1 amide bonds. The highest BCUT2D eigenvalue weighted by atomic mass is 16.2. The maximum absolute atomic E-state index is 12.0. The van der Waals surface area contributed by atoms with Crippen LogP contribution in [0.15, 0.2) is 36.4 Å². The van der Waals surface area contributed by atoms with Crippen LogP contribution in [0.5, 0.6) is 0 Å². The third kappa shape index (κ3) is 0.972. The molecule has 1 aliphatic heterocycles. The van der Waals surface area contributed by atoms with E-state index in [2.05, 4.69) is 0 Å². The number of hydrogen-bond donors (Lipinski definition) is 1. The van der Waals surface area contributed by atoms with E-state index < -0.39 is 0 Å². The van der Waals surface area contributed by atoms with Crippen LogP contribution < -0.4 is 0 Å². The summed E-state index contributed by atoms with van der Waals surface area (Å²) in [4.78, 5) is 13.4. The summed E-state index contributed by atoms with van der Waals surface area (Å²) >= 11 is 0. The summed E-state index contributed by atoms with van der Waals surface area (Å²) in [5.74, 6) is 0.170. The zero-order chi connectivity index (χ0) is 11.3. The van der Waals surface area contributed by atoms with E-state index in [1.54, 1.807) is 7.05 Å². The first-order valence-electron chi connectivity index (χ1n) is 5.09. The third-order valence-electron chi connectivity index (χ3n) is 3.03. The van der Waals surface area contributed by atoms with Crippen molar-refractivity contribution in [3.63, 3.8) is 0 Å². The van der Waals surface area contributed by atoms with Gasteiger partial charge >= 0.3 is 0 Å². The van der Waals surface area contributed by atoms with Crippen LogP contribution in [-0.2, 0) is 0 Å². The van der Waals surface area contributed by atoms with Gasteiger partial charge in [-0.25, -0.2) is 0 Å². The molecule has 0 fully saturated rings. The molecule has 2 aromatic rings. The van der Waals surface area contributed by atoms with Gasteiger partial charge < -0.3 is 0 Å². The number of benzene rings is 2. The Labute approximate surface area is 92.8 Å². The molecule has 0 bridgehead atoms. The zero-order valence-corrected chi connectivity index (χ0v) is 8.82. The first-order chi connectivity index (χ1) is 7.70. The number of carbonyl (C=O) groups excluding carboxylic acids is 1. The summed E-state index contributed by atoms with van der Waals surface area (Å²) in [7, 11) is 1.64. The van der Waals surface area contributed by atoms with Gasteiger partial charge in [0.25, 0.3) is 5.91 Å². The highest BCUT2D eigenvalue weighted by molar-refractivity contribution is 6.25. The lowest BCUT2D eigenvalue weighted by Crippen LogP contribution is -2.36. The molecule has 3 nitrogen and oxygen atoms in total. The fourth-order valence-electron chi connectivity index (χ4n) is 2.18. The largest absolute Gasteiger partial charge is 0.296 e. The molecule has 3 heteroatoms. The Morgan fingerprint density at radius 3 is 2.38 bits per heavy atom. The summed E-state index contributed by atoms with van der Waals surface area (Å²) in [5, 5.41) is 9.86. The molecule has 1 heterocycles. The molecule has 16 heavy (non-hydrogen) atoms. The zero-order valence-electron chi connectivity index (χ0n) is 8.82. The molecule has 0 aromatic heterocycles. The van der Waals surface area contributed by atoms with Crippen molar-refractivity contribution < 1.29 is 4.79 Å². The van der Waals surface area contributed by atoms with E-state index in [-0.39, 0.29) is 11.7 Å². The fraction of sp³-hybridized carbons (Fsp3) is 0.0769. The van der Waals surface area contributed by atoms with E-state index in [1.165, 1.54) is 4.90 Å². The summed E-state index contributed by atoms with van der Waals surface area (Å²) in [6.07, 6.45) is 0. The minimum absolute atomic E-state index is 0.102. The molecule has 0 saturated heterocycles. The lowest BCUT2D eigenvalue weighted by atomic mass is 9.94. The van der Waals surface area contributed by atoms with E-state index in [1.807, 2.05) is 36.4 Å². The number of nitrogens with zero attached hydrogens (tertiary/aromatic N) is 1. The number of nitrogens with one attached hydrogen (secondary N) is 1. The fourth-order valence-corrected chi connectivity index (χ4v) is 2.18. The molecule has 0 atom stereocenters. The number of amides is 1. The Bertz CT molecular complexity index is 580. The van der Waals surface area contributed by atoms with Crippen molar-refractivity contribution in [2.75, 3.05) is 7.05 Å². The van der Waals surface area contributed by atoms with Crippen molar-refractivity contribution in [3.05, 3.63) is 47.5 Å². The lowest BCUT2D eigenvalue weighted by molar-refractivity contribution is 0.0870. The quantitative estimate of drug-likeness (QED) is 0.712. The van der Waals surface area contributed by atoms with Gasteiger partial charge in [-0.3, -0.25) is 15.1 Å². The second-order valence-corrected chi connectivity index (χ2v) is 3.92. The molecule has 0 unspecified atom stereocenters. The van der Waals surface area contributed by atoms with E-state index in [4.69, 9.17) is 5.41 Å². The molecule has 0 saturated carbocycles. The minimum Gasteiger partial charge on any atom is -0.296 e. The Kier molecular flexibility index (Phi) is 1.66. The second-order valence-electron chi connectivity index (χ2n) is 3.92. The van der Waals surface area contributed by atoms with Crippen molar-refractivity contribution in [2.45, 2.75) is 0 Å². The molecule has 78 valence electrons. The van der Waals surface area contributed by atoms with Gasteiger partial charge in [0, 0.05) is 23.6 Å². The van der Waals surface area contributed by atoms with E-state index in [9.17, 15) is 4.79 Å². The molecular weight excluding hydrogens is 200 g/mol. The molecule has 2 aromatic carbocycles. The molecule has 3 rings (SSSR count). The van der Waals surface area contributed by atoms with E-state index in [0.29, 0.717) is 5.56 Å². The number of amidine groups is 1. The first-order valence-corrected chi connectivity index (χ1v) is 5.09. The van der Waals surface area contributed by atoms with Crippen molar-refractivity contribution in [1.29, 1.82) is 5.41 Å². The van der Waals surface area contributed by atoms with Crippen molar-refractivity contribution >= 4 is 22.5 Å². The number of carbonyl (C=O) groups is 1. The van der Waals surface area contributed by atoms with Gasteiger partial charge in [-0.1, -0.05) is 30.3 Å². The van der Waals surface area contributed by atoms with Gasteiger partial charge in [-0.15, -0.1) is 0 Å².